The molecular weight excluding hydrogens is 462 g/mol. The van der Waals surface area contributed by atoms with E-state index in [9.17, 15) is 9.59 Å². The zero-order chi connectivity index (χ0) is 25.5. The van der Waals surface area contributed by atoms with Gasteiger partial charge in [0.25, 0.3) is 11.5 Å². The predicted octanol–water partition coefficient (Wildman–Crippen LogP) is 2.70. The monoisotopic (exact) mass is 493 g/mol. The van der Waals surface area contributed by atoms with Gasteiger partial charge in [-0.05, 0) is 42.8 Å². The summed E-state index contributed by atoms with van der Waals surface area (Å²) in [7, 11) is 3.11. The lowest BCUT2D eigenvalue weighted by molar-refractivity contribution is 0.0383. The quantitative estimate of drug-likeness (QED) is 0.469. The topological polar surface area (TPSA) is 107 Å². The summed E-state index contributed by atoms with van der Waals surface area (Å²) in [6.07, 6.45) is 1.46. The first kappa shape index (κ1) is 25.2. The fraction of sp³-hybridized carbons (Fsp3) is 0.346. The Hall–Kier alpha value is -3.89. The third-order valence-electron chi connectivity index (χ3n) is 5.85. The molecule has 4 rings (SSSR count). The lowest BCUT2D eigenvalue weighted by Crippen LogP contribution is -2.41. The van der Waals surface area contributed by atoms with Gasteiger partial charge in [-0.25, -0.2) is 4.68 Å². The molecule has 1 amide bonds. The third kappa shape index (κ3) is 6.21. The maximum absolute atomic E-state index is 12.9. The Labute approximate surface area is 209 Å². The number of aromatic nitrogens is 2. The van der Waals surface area contributed by atoms with Crippen molar-refractivity contribution >= 4 is 17.3 Å². The highest BCUT2D eigenvalue weighted by Gasteiger charge is 2.16. The van der Waals surface area contributed by atoms with Crippen molar-refractivity contribution in [2.45, 2.75) is 6.92 Å². The molecule has 2 aromatic carbocycles. The van der Waals surface area contributed by atoms with Crippen LogP contribution in [-0.2, 0) is 11.8 Å². The molecule has 0 saturated carbocycles. The first-order chi connectivity index (χ1) is 17.4. The number of aryl methyl sites for hydroxylation is 2. The molecule has 0 aliphatic carbocycles. The average Bonchev–Trinajstić information content (AvgIpc) is 2.90. The smallest absolute Gasteiger partial charge is 0.294 e. The molecule has 0 unspecified atom stereocenters. The molecule has 1 aromatic heterocycles. The Morgan fingerprint density at radius 3 is 2.69 bits per heavy atom. The molecule has 0 radical (unpaired) electrons. The molecule has 190 valence electrons. The highest BCUT2D eigenvalue weighted by atomic mass is 16.5. The highest BCUT2D eigenvalue weighted by molar-refractivity contribution is 5.95. The van der Waals surface area contributed by atoms with Gasteiger partial charge in [-0.2, -0.15) is 5.10 Å². The van der Waals surface area contributed by atoms with Crippen molar-refractivity contribution in [1.29, 1.82) is 0 Å². The van der Waals surface area contributed by atoms with E-state index in [-0.39, 0.29) is 22.9 Å². The van der Waals surface area contributed by atoms with Crippen LogP contribution in [0.2, 0.25) is 0 Å². The van der Waals surface area contributed by atoms with Gasteiger partial charge in [0.15, 0.2) is 22.9 Å². The van der Waals surface area contributed by atoms with Crippen LogP contribution in [0.25, 0.3) is 0 Å². The van der Waals surface area contributed by atoms with Gasteiger partial charge in [0.05, 0.1) is 26.5 Å². The SMILES string of the molecule is COc1cc(C)ccc1Oc1cnn(C)c(=O)c1Nc1cccc(C(=O)NCCN2CCOCC2)c1. The third-order valence-corrected chi connectivity index (χ3v) is 5.85. The molecule has 0 atom stereocenters. The minimum Gasteiger partial charge on any atom is -0.493 e. The van der Waals surface area contributed by atoms with Crippen LogP contribution in [-0.4, -0.2) is 67.1 Å². The molecule has 1 saturated heterocycles. The Bertz CT molecular complexity index is 1270. The van der Waals surface area contributed by atoms with Crippen molar-refractivity contribution < 1.29 is 19.0 Å². The van der Waals surface area contributed by atoms with Gasteiger partial charge in [0.2, 0.25) is 0 Å². The Kier molecular flexibility index (Phi) is 8.19. The largest absolute Gasteiger partial charge is 0.493 e. The number of carbonyl (C=O) groups is 1. The van der Waals surface area contributed by atoms with Crippen molar-refractivity contribution in [1.82, 2.24) is 20.0 Å². The van der Waals surface area contributed by atoms with E-state index in [4.69, 9.17) is 14.2 Å². The number of benzene rings is 2. The number of nitrogens with one attached hydrogen (secondary N) is 2. The Balaban J connectivity index is 1.50. The van der Waals surface area contributed by atoms with Crippen LogP contribution in [0.3, 0.4) is 0 Å². The summed E-state index contributed by atoms with van der Waals surface area (Å²) in [6, 6.07) is 12.5. The van der Waals surface area contributed by atoms with Crippen LogP contribution in [0.4, 0.5) is 11.4 Å². The molecule has 1 aliphatic heterocycles. The summed E-state index contributed by atoms with van der Waals surface area (Å²) in [5.41, 5.74) is 1.88. The van der Waals surface area contributed by atoms with Gasteiger partial charge < -0.3 is 24.8 Å². The second-order valence-corrected chi connectivity index (χ2v) is 8.48. The molecule has 36 heavy (non-hydrogen) atoms. The van der Waals surface area contributed by atoms with Gasteiger partial charge >= 0.3 is 0 Å². The zero-order valence-electron chi connectivity index (χ0n) is 20.7. The highest BCUT2D eigenvalue weighted by Crippen LogP contribution is 2.35. The molecule has 3 aromatic rings. The van der Waals surface area contributed by atoms with E-state index in [0.717, 1.165) is 38.4 Å². The molecule has 0 spiro atoms. The summed E-state index contributed by atoms with van der Waals surface area (Å²) >= 11 is 0. The van der Waals surface area contributed by atoms with Crippen molar-refractivity contribution in [3.05, 3.63) is 70.1 Å². The van der Waals surface area contributed by atoms with Gasteiger partial charge in [0, 0.05) is 44.5 Å². The Morgan fingerprint density at radius 2 is 1.92 bits per heavy atom. The molecule has 2 N–H and O–H groups in total. The number of morpholine rings is 1. The van der Waals surface area contributed by atoms with Crippen LogP contribution in [0.15, 0.2) is 53.5 Å². The summed E-state index contributed by atoms with van der Waals surface area (Å²) in [5.74, 6) is 1.04. The number of methoxy groups -OCH3 is 1. The van der Waals surface area contributed by atoms with Crippen LogP contribution >= 0.6 is 0 Å². The average molecular weight is 494 g/mol. The molecule has 0 bridgehead atoms. The first-order valence-electron chi connectivity index (χ1n) is 11.8. The summed E-state index contributed by atoms with van der Waals surface area (Å²) in [5, 5.41) is 10.2. The van der Waals surface area contributed by atoms with Crippen LogP contribution in [0.5, 0.6) is 17.2 Å². The molecule has 1 aliphatic rings. The standard InChI is InChI=1S/C26H31N5O5/c1-18-7-8-21(22(15-18)34-3)36-23-17-28-30(2)26(33)24(23)29-20-6-4-5-19(16-20)25(32)27-9-10-31-11-13-35-14-12-31/h4-8,15-17,29H,9-14H2,1-3H3,(H,27,32). The second kappa shape index (κ2) is 11.7. The normalized spacial score (nSPS) is 13.8. The lowest BCUT2D eigenvalue weighted by atomic mass is 10.2. The van der Waals surface area contributed by atoms with Gasteiger partial charge in [0.1, 0.15) is 0 Å². The molecule has 10 nitrogen and oxygen atoms in total. The fourth-order valence-corrected chi connectivity index (χ4v) is 3.83. The molecule has 2 heterocycles. The van der Waals surface area contributed by atoms with Crippen molar-refractivity contribution in [2.24, 2.45) is 7.05 Å². The number of nitrogens with zero attached hydrogens (tertiary/aromatic N) is 3. The van der Waals surface area contributed by atoms with Crippen LogP contribution in [0.1, 0.15) is 15.9 Å². The van der Waals surface area contributed by atoms with Crippen LogP contribution in [0, 0.1) is 6.92 Å². The number of anilines is 2. The van der Waals surface area contributed by atoms with Gasteiger partial charge in [-0.1, -0.05) is 12.1 Å². The molecule has 10 heteroatoms. The van der Waals surface area contributed by atoms with Crippen LogP contribution < -0.4 is 25.7 Å². The van der Waals surface area contributed by atoms with E-state index in [2.05, 4.69) is 20.6 Å². The Morgan fingerprint density at radius 1 is 1.11 bits per heavy atom. The van der Waals surface area contributed by atoms with E-state index in [1.807, 2.05) is 19.1 Å². The van der Waals surface area contributed by atoms with E-state index in [0.29, 0.717) is 29.3 Å². The zero-order valence-corrected chi connectivity index (χ0v) is 20.7. The minimum absolute atomic E-state index is 0.185. The van der Waals surface area contributed by atoms with E-state index in [1.165, 1.54) is 10.9 Å². The number of rotatable bonds is 9. The fourth-order valence-electron chi connectivity index (χ4n) is 3.83. The number of ether oxygens (including phenoxy) is 3. The number of carbonyl (C=O) groups excluding carboxylic acids is 1. The number of hydrogen-bond acceptors (Lipinski definition) is 8. The summed E-state index contributed by atoms with van der Waals surface area (Å²) in [6.45, 7) is 6.44. The number of hydrogen-bond donors (Lipinski definition) is 2. The lowest BCUT2D eigenvalue weighted by Gasteiger charge is -2.26. The maximum Gasteiger partial charge on any atom is 0.294 e. The van der Waals surface area contributed by atoms with E-state index < -0.39 is 0 Å². The molecule has 1 fully saturated rings. The summed E-state index contributed by atoms with van der Waals surface area (Å²) in [4.78, 5) is 27.9. The molecular formula is C26H31N5O5. The van der Waals surface area contributed by atoms with E-state index >= 15 is 0 Å². The van der Waals surface area contributed by atoms with Crippen molar-refractivity contribution in [3.63, 3.8) is 0 Å². The maximum atomic E-state index is 12.9. The van der Waals surface area contributed by atoms with Crippen molar-refractivity contribution in [2.75, 3.05) is 51.8 Å². The number of amides is 1. The second-order valence-electron chi connectivity index (χ2n) is 8.48. The van der Waals surface area contributed by atoms with E-state index in [1.54, 1.807) is 44.5 Å². The first-order valence-corrected chi connectivity index (χ1v) is 11.8. The minimum atomic E-state index is -0.376. The van der Waals surface area contributed by atoms with Crippen molar-refractivity contribution in [3.8, 4) is 17.2 Å². The summed E-state index contributed by atoms with van der Waals surface area (Å²) < 4.78 is 18.0. The van der Waals surface area contributed by atoms with Gasteiger partial charge in [-0.15, -0.1) is 0 Å². The predicted molar refractivity (Wildman–Crippen MR) is 137 cm³/mol. The van der Waals surface area contributed by atoms with Gasteiger partial charge in [-0.3, -0.25) is 14.5 Å².